The molecule has 1 N–H and O–H groups in total. The SMILES string of the molecule is COCc1ccccc1NCc1csc([N+](=O)[O-])c1. The summed E-state index contributed by atoms with van der Waals surface area (Å²) in [6, 6.07) is 9.44. The van der Waals surface area contributed by atoms with Crippen molar-refractivity contribution in [2.45, 2.75) is 13.2 Å². The molecule has 0 radical (unpaired) electrons. The van der Waals surface area contributed by atoms with Crippen LogP contribution in [0.3, 0.4) is 0 Å². The van der Waals surface area contributed by atoms with Crippen molar-refractivity contribution < 1.29 is 9.66 Å². The van der Waals surface area contributed by atoms with Gasteiger partial charge in [-0.2, -0.15) is 0 Å². The lowest BCUT2D eigenvalue weighted by Gasteiger charge is -2.10. The van der Waals surface area contributed by atoms with E-state index in [2.05, 4.69) is 5.32 Å². The fourth-order valence-corrected chi connectivity index (χ4v) is 2.45. The Balaban J connectivity index is 2.03. The van der Waals surface area contributed by atoms with Gasteiger partial charge in [0.15, 0.2) is 0 Å². The quantitative estimate of drug-likeness (QED) is 0.649. The highest BCUT2D eigenvalue weighted by molar-refractivity contribution is 7.13. The van der Waals surface area contributed by atoms with Gasteiger partial charge in [0.1, 0.15) is 0 Å². The van der Waals surface area contributed by atoms with Gasteiger partial charge in [-0.1, -0.05) is 29.5 Å². The van der Waals surface area contributed by atoms with Crippen LogP contribution in [-0.2, 0) is 17.9 Å². The van der Waals surface area contributed by atoms with Crippen LogP contribution in [0.2, 0.25) is 0 Å². The van der Waals surface area contributed by atoms with Gasteiger partial charge in [0, 0.05) is 36.4 Å². The summed E-state index contributed by atoms with van der Waals surface area (Å²) < 4.78 is 5.13. The van der Waals surface area contributed by atoms with Crippen LogP contribution in [0.25, 0.3) is 0 Å². The van der Waals surface area contributed by atoms with E-state index in [1.54, 1.807) is 18.6 Å². The molecule has 0 bridgehead atoms. The molecule has 0 spiro atoms. The first-order chi connectivity index (χ1) is 9.20. The molecule has 1 aromatic heterocycles. The summed E-state index contributed by atoms with van der Waals surface area (Å²) in [5, 5.41) is 15.8. The van der Waals surface area contributed by atoms with Crippen LogP contribution in [0.4, 0.5) is 10.7 Å². The standard InChI is InChI=1S/C13H14N2O3S/c1-18-8-11-4-2-3-5-12(11)14-7-10-6-13(15(16)17)19-9-10/h2-6,9,14H,7-8H2,1H3. The molecule has 0 saturated carbocycles. The first-order valence-corrected chi connectivity index (χ1v) is 6.61. The number of para-hydroxylation sites is 1. The minimum atomic E-state index is -0.368. The van der Waals surface area contributed by atoms with Gasteiger partial charge in [0.2, 0.25) is 0 Å². The molecule has 1 aromatic carbocycles. The third-order valence-electron chi connectivity index (χ3n) is 2.62. The van der Waals surface area contributed by atoms with Crippen molar-refractivity contribution in [3.8, 4) is 0 Å². The molecule has 0 aliphatic carbocycles. The van der Waals surface area contributed by atoms with Crippen LogP contribution in [0.5, 0.6) is 0 Å². The van der Waals surface area contributed by atoms with E-state index >= 15 is 0 Å². The Morgan fingerprint density at radius 1 is 1.42 bits per heavy atom. The first-order valence-electron chi connectivity index (χ1n) is 5.73. The zero-order chi connectivity index (χ0) is 13.7. The van der Waals surface area contributed by atoms with Crippen molar-refractivity contribution in [1.29, 1.82) is 0 Å². The molecule has 0 atom stereocenters. The van der Waals surface area contributed by atoms with Crippen molar-refractivity contribution in [2.24, 2.45) is 0 Å². The van der Waals surface area contributed by atoms with E-state index in [0.29, 0.717) is 13.2 Å². The predicted molar refractivity (Wildman–Crippen MR) is 75.5 cm³/mol. The van der Waals surface area contributed by atoms with Crippen LogP contribution in [0, 0.1) is 10.1 Å². The molecule has 0 saturated heterocycles. The first kappa shape index (κ1) is 13.5. The third kappa shape index (κ3) is 3.52. The molecule has 2 rings (SSSR count). The average molecular weight is 278 g/mol. The maximum atomic E-state index is 10.6. The van der Waals surface area contributed by atoms with E-state index in [-0.39, 0.29) is 9.92 Å². The zero-order valence-corrected chi connectivity index (χ0v) is 11.3. The summed E-state index contributed by atoms with van der Waals surface area (Å²) >= 11 is 1.14. The number of rotatable bonds is 6. The number of nitro groups is 1. The molecule has 0 fully saturated rings. The summed E-state index contributed by atoms with van der Waals surface area (Å²) in [6.07, 6.45) is 0. The van der Waals surface area contributed by atoms with Crippen LogP contribution in [0.15, 0.2) is 35.7 Å². The fraction of sp³-hybridized carbons (Fsp3) is 0.231. The Morgan fingerprint density at radius 3 is 2.89 bits per heavy atom. The Kier molecular flexibility index (Phi) is 4.48. The summed E-state index contributed by atoms with van der Waals surface area (Å²) in [6.45, 7) is 1.10. The molecule has 19 heavy (non-hydrogen) atoms. The van der Waals surface area contributed by atoms with Crippen molar-refractivity contribution >= 4 is 22.0 Å². The van der Waals surface area contributed by atoms with Gasteiger partial charge in [-0.25, -0.2) is 0 Å². The number of hydrogen-bond donors (Lipinski definition) is 1. The van der Waals surface area contributed by atoms with Crippen molar-refractivity contribution in [2.75, 3.05) is 12.4 Å². The lowest BCUT2D eigenvalue weighted by atomic mass is 10.2. The molecule has 100 valence electrons. The van der Waals surface area contributed by atoms with E-state index in [1.807, 2.05) is 24.3 Å². The minimum absolute atomic E-state index is 0.168. The average Bonchev–Trinajstić information content (AvgIpc) is 2.87. The van der Waals surface area contributed by atoms with Crippen LogP contribution >= 0.6 is 11.3 Å². The number of thiophene rings is 1. The second-order valence-electron chi connectivity index (χ2n) is 3.99. The molecule has 0 amide bonds. The number of ether oxygens (including phenoxy) is 1. The molecule has 0 unspecified atom stereocenters. The topological polar surface area (TPSA) is 64.4 Å². The normalized spacial score (nSPS) is 10.4. The molecule has 2 aromatic rings. The maximum absolute atomic E-state index is 10.6. The molecular weight excluding hydrogens is 264 g/mol. The Labute approximate surface area is 115 Å². The predicted octanol–water partition coefficient (Wildman–Crippen LogP) is 3.41. The Bertz CT molecular complexity index is 569. The van der Waals surface area contributed by atoms with Crippen molar-refractivity contribution in [3.63, 3.8) is 0 Å². The van der Waals surface area contributed by atoms with Crippen LogP contribution < -0.4 is 5.32 Å². The molecular formula is C13H14N2O3S. The van der Waals surface area contributed by atoms with Crippen LogP contribution in [-0.4, -0.2) is 12.0 Å². The summed E-state index contributed by atoms with van der Waals surface area (Å²) in [5.74, 6) is 0. The van der Waals surface area contributed by atoms with E-state index in [0.717, 1.165) is 28.2 Å². The van der Waals surface area contributed by atoms with Gasteiger partial charge in [-0.05, 0) is 11.6 Å². The van der Waals surface area contributed by atoms with Gasteiger partial charge in [-0.15, -0.1) is 0 Å². The lowest BCUT2D eigenvalue weighted by Crippen LogP contribution is -2.02. The monoisotopic (exact) mass is 278 g/mol. The number of nitrogens with one attached hydrogen (secondary N) is 1. The largest absolute Gasteiger partial charge is 0.381 e. The van der Waals surface area contributed by atoms with Gasteiger partial charge < -0.3 is 10.1 Å². The third-order valence-corrected chi connectivity index (χ3v) is 3.55. The molecule has 0 aliphatic heterocycles. The molecule has 1 heterocycles. The second kappa shape index (κ2) is 6.31. The van der Waals surface area contributed by atoms with E-state index in [9.17, 15) is 10.1 Å². The number of methoxy groups -OCH3 is 1. The number of anilines is 1. The summed E-state index contributed by atoms with van der Waals surface area (Å²) in [5.41, 5.74) is 2.96. The van der Waals surface area contributed by atoms with Crippen LogP contribution in [0.1, 0.15) is 11.1 Å². The Hall–Kier alpha value is -1.92. The van der Waals surface area contributed by atoms with E-state index in [4.69, 9.17) is 4.74 Å². The highest BCUT2D eigenvalue weighted by atomic mass is 32.1. The summed E-state index contributed by atoms with van der Waals surface area (Å²) in [4.78, 5) is 10.2. The van der Waals surface area contributed by atoms with E-state index < -0.39 is 0 Å². The summed E-state index contributed by atoms with van der Waals surface area (Å²) in [7, 11) is 1.65. The Morgan fingerprint density at radius 2 is 2.21 bits per heavy atom. The van der Waals surface area contributed by atoms with Gasteiger partial charge in [-0.3, -0.25) is 10.1 Å². The minimum Gasteiger partial charge on any atom is -0.381 e. The number of benzene rings is 1. The van der Waals surface area contributed by atoms with Gasteiger partial charge >= 0.3 is 5.00 Å². The molecule has 6 heteroatoms. The lowest BCUT2D eigenvalue weighted by molar-refractivity contribution is -0.380. The zero-order valence-electron chi connectivity index (χ0n) is 10.5. The highest BCUT2D eigenvalue weighted by Crippen LogP contribution is 2.24. The number of hydrogen-bond acceptors (Lipinski definition) is 5. The molecule has 0 aliphatic rings. The van der Waals surface area contributed by atoms with E-state index in [1.165, 1.54) is 0 Å². The van der Waals surface area contributed by atoms with Crippen molar-refractivity contribution in [1.82, 2.24) is 0 Å². The smallest absolute Gasteiger partial charge is 0.324 e. The second-order valence-corrected chi connectivity index (χ2v) is 4.88. The molecule has 5 nitrogen and oxygen atoms in total. The van der Waals surface area contributed by atoms with Gasteiger partial charge in [0.25, 0.3) is 0 Å². The number of nitrogens with zero attached hydrogens (tertiary/aromatic N) is 1. The maximum Gasteiger partial charge on any atom is 0.324 e. The van der Waals surface area contributed by atoms with Gasteiger partial charge in [0.05, 0.1) is 11.5 Å². The highest BCUT2D eigenvalue weighted by Gasteiger charge is 2.09. The van der Waals surface area contributed by atoms with Crippen molar-refractivity contribution in [3.05, 3.63) is 57.0 Å². The fourth-order valence-electron chi connectivity index (χ4n) is 1.72.